The van der Waals surface area contributed by atoms with Gasteiger partial charge in [-0.1, -0.05) is 62.4 Å². The van der Waals surface area contributed by atoms with Gasteiger partial charge in [0.05, 0.1) is 11.2 Å². The van der Waals surface area contributed by atoms with E-state index >= 15 is 0 Å². The van der Waals surface area contributed by atoms with E-state index in [1.165, 1.54) is 0 Å². The first-order valence-corrected chi connectivity index (χ1v) is 6.63. The molecule has 19 heavy (non-hydrogen) atoms. The summed E-state index contributed by atoms with van der Waals surface area (Å²) in [4.78, 5) is 9.01. The Balaban J connectivity index is 0.000000637. The fraction of sp³-hybridized carbons (Fsp3) is 0.176. The summed E-state index contributed by atoms with van der Waals surface area (Å²) in [7, 11) is 0. The van der Waals surface area contributed by atoms with Crippen molar-refractivity contribution in [3.8, 4) is 11.3 Å². The van der Waals surface area contributed by atoms with Crippen molar-refractivity contribution in [3.63, 3.8) is 0 Å². The van der Waals surface area contributed by atoms with Crippen LogP contribution in [0.1, 0.15) is 19.7 Å². The zero-order valence-corrected chi connectivity index (χ0v) is 11.6. The molecule has 0 amide bonds. The van der Waals surface area contributed by atoms with Gasteiger partial charge in [-0.05, 0) is 13.0 Å². The lowest BCUT2D eigenvalue weighted by Crippen LogP contribution is -1.93. The van der Waals surface area contributed by atoms with Gasteiger partial charge in [0, 0.05) is 10.9 Å². The van der Waals surface area contributed by atoms with Gasteiger partial charge in [0.25, 0.3) is 0 Å². The summed E-state index contributed by atoms with van der Waals surface area (Å²) in [6, 6.07) is 18.3. The van der Waals surface area contributed by atoms with Crippen LogP contribution in [-0.2, 0) is 0 Å². The molecule has 2 heteroatoms. The molecule has 0 saturated heterocycles. The van der Waals surface area contributed by atoms with Gasteiger partial charge in [0.1, 0.15) is 5.82 Å². The summed E-state index contributed by atoms with van der Waals surface area (Å²) in [5.41, 5.74) is 3.14. The standard InChI is InChI=1S/C15H12N2.C2H6/c1-11-16-14-10-6-5-9-13(14)15(17-11)12-7-3-2-4-8-12;1-2/h2-10H,1H3;1-2H3. The van der Waals surface area contributed by atoms with Crippen LogP contribution in [0, 0.1) is 6.92 Å². The molecule has 0 fully saturated rings. The van der Waals surface area contributed by atoms with Crippen LogP contribution < -0.4 is 0 Å². The first-order chi connectivity index (χ1) is 9.34. The molecule has 0 N–H and O–H groups in total. The minimum Gasteiger partial charge on any atom is -0.233 e. The Labute approximate surface area is 114 Å². The van der Waals surface area contributed by atoms with Gasteiger partial charge in [-0.3, -0.25) is 0 Å². The molecule has 2 aromatic carbocycles. The summed E-state index contributed by atoms with van der Waals surface area (Å²) in [6.45, 7) is 5.93. The van der Waals surface area contributed by atoms with Crippen molar-refractivity contribution in [2.75, 3.05) is 0 Å². The Hall–Kier alpha value is -2.22. The van der Waals surface area contributed by atoms with Crippen LogP contribution in [0.25, 0.3) is 22.2 Å². The Morgan fingerprint density at radius 1 is 0.737 bits per heavy atom. The second kappa shape index (κ2) is 6.10. The molecule has 0 atom stereocenters. The number of aromatic nitrogens is 2. The van der Waals surface area contributed by atoms with Crippen molar-refractivity contribution in [1.82, 2.24) is 9.97 Å². The van der Waals surface area contributed by atoms with E-state index in [-0.39, 0.29) is 0 Å². The molecule has 0 bridgehead atoms. The van der Waals surface area contributed by atoms with E-state index in [2.05, 4.69) is 28.2 Å². The Bertz CT molecular complexity index is 660. The third-order valence-electron chi connectivity index (χ3n) is 2.76. The molecule has 2 nitrogen and oxygen atoms in total. The van der Waals surface area contributed by atoms with E-state index < -0.39 is 0 Å². The normalized spacial score (nSPS) is 9.84. The third kappa shape index (κ3) is 2.79. The number of para-hydroxylation sites is 1. The van der Waals surface area contributed by atoms with E-state index in [1.807, 2.05) is 57.2 Å². The summed E-state index contributed by atoms with van der Waals surface area (Å²) in [5, 5.41) is 1.10. The molecule has 3 rings (SSSR count). The molecule has 0 radical (unpaired) electrons. The molecule has 0 aliphatic heterocycles. The summed E-state index contributed by atoms with van der Waals surface area (Å²) in [5.74, 6) is 0.808. The molecule has 3 aromatic rings. The van der Waals surface area contributed by atoms with Crippen molar-refractivity contribution in [3.05, 3.63) is 60.4 Å². The molecule has 0 aliphatic rings. The van der Waals surface area contributed by atoms with Gasteiger partial charge in [-0.2, -0.15) is 0 Å². The van der Waals surface area contributed by atoms with E-state index in [9.17, 15) is 0 Å². The zero-order valence-electron chi connectivity index (χ0n) is 11.6. The maximum atomic E-state index is 4.56. The SMILES string of the molecule is CC.Cc1nc(-c2ccccc2)c2ccccc2n1. The van der Waals surface area contributed by atoms with Gasteiger partial charge in [-0.15, -0.1) is 0 Å². The molecule has 0 unspecified atom stereocenters. The van der Waals surface area contributed by atoms with E-state index in [1.54, 1.807) is 0 Å². The maximum Gasteiger partial charge on any atom is 0.126 e. The largest absolute Gasteiger partial charge is 0.233 e. The van der Waals surface area contributed by atoms with E-state index in [4.69, 9.17) is 0 Å². The molecular formula is C17H18N2. The number of benzene rings is 2. The lowest BCUT2D eigenvalue weighted by atomic mass is 10.1. The molecule has 96 valence electrons. The molecule has 0 saturated carbocycles. The van der Waals surface area contributed by atoms with Crippen molar-refractivity contribution >= 4 is 10.9 Å². The van der Waals surface area contributed by atoms with E-state index in [0.717, 1.165) is 28.0 Å². The van der Waals surface area contributed by atoms with Crippen LogP contribution >= 0.6 is 0 Å². The predicted octanol–water partition coefficient (Wildman–Crippen LogP) is 4.63. The molecule has 0 aliphatic carbocycles. The predicted molar refractivity (Wildman–Crippen MR) is 81.1 cm³/mol. The minimum absolute atomic E-state index is 0.808. The topological polar surface area (TPSA) is 25.8 Å². The van der Waals surface area contributed by atoms with Crippen LogP contribution in [0.15, 0.2) is 54.6 Å². The molecule has 1 aromatic heterocycles. The quantitative estimate of drug-likeness (QED) is 0.629. The lowest BCUT2D eigenvalue weighted by molar-refractivity contribution is 1.10. The van der Waals surface area contributed by atoms with Crippen molar-refractivity contribution in [1.29, 1.82) is 0 Å². The Morgan fingerprint density at radius 2 is 1.37 bits per heavy atom. The number of fused-ring (bicyclic) bond motifs is 1. The minimum atomic E-state index is 0.808. The number of hydrogen-bond donors (Lipinski definition) is 0. The van der Waals surface area contributed by atoms with Gasteiger partial charge < -0.3 is 0 Å². The first kappa shape index (κ1) is 13.2. The Kier molecular flexibility index (Phi) is 4.24. The first-order valence-electron chi connectivity index (χ1n) is 6.63. The zero-order chi connectivity index (χ0) is 13.7. The second-order valence-corrected chi connectivity index (χ2v) is 4.00. The van der Waals surface area contributed by atoms with Crippen LogP contribution in [0.3, 0.4) is 0 Å². The average molecular weight is 250 g/mol. The smallest absolute Gasteiger partial charge is 0.126 e. The Morgan fingerprint density at radius 3 is 2.11 bits per heavy atom. The summed E-state index contributed by atoms with van der Waals surface area (Å²) < 4.78 is 0. The fourth-order valence-corrected chi connectivity index (χ4v) is 2.01. The molecular weight excluding hydrogens is 232 g/mol. The highest BCUT2D eigenvalue weighted by Gasteiger charge is 2.06. The fourth-order valence-electron chi connectivity index (χ4n) is 2.01. The molecule has 0 spiro atoms. The van der Waals surface area contributed by atoms with Crippen LogP contribution in [0.2, 0.25) is 0 Å². The highest BCUT2D eigenvalue weighted by molar-refractivity contribution is 5.92. The highest BCUT2D eigenvalue weighted by Crippen LogP contribution is 2.25. The maximum absolute atomic E-state index is 4.56. The van der Waals surface area contributed by atoms with Gasteiger partial charge in [0.2, 0.25) is 0 Å². The van der Waals surface area contributed by atoms with E-state index in [0.29, 0.717) is 0 Å². The average Bonchev–Trinajstić information content (AvgIpc) is 2.49. The van der Waals surface area contributed by atoms with Crippen LogP contribution in [0.5, 0.6) is 0 Å². The lowest BCUT2D eigenvalue weighted by Gasteiger charge is -2.06. The van der Waals surface area contributed by atoms with Gasteiger partial charge in [-0.25, -0.2) is 9.97 Å². The number of hydrogen-bond acceptors (Lipinski definition) is 2. The molecule has 1 heterocycles. The summed E-state index contributed by atoms with van der Waals surface area (Å²) in [6.07, 6.45) is 0. The number of nitrogens with zero attached hydrogens (tertiary/aromatic N) is 2. The van der Waals surface area contributed by atoms with Crippen LogP contribution in [0.4, 0.5) is 0 Å². The van der Waals surface area contributed by atoms with Crippen molar-refractivity contribution in [2.45, 2.75) is 20.8 Å². The third-order valence-corrected chi connectivity index (χ3v) is 2.76. The summed E-state index contributed by atoms with van der Waals surface area (Å²) >= 11 is 0. The highest BCUT2D eigenvalue weighted by atomic mass is 14.9. The van der Waals surface area contributed by atoms with Crippen LogP contribution in [-0.4, -0.2) is 9.97 Å². The van der Waals surface area contributed by atoms with Crippen molar-refractivity contribution in [2.24, 2.45) is 0 Å². The number of rotatable bonds is 1. The monoisotopic (exact) mass is 250 g/mol. The second-order valence-electron chi connectivity index (χ2n) is 4.00. The van der Waals surface area contributed by atoms with Crippen molar-refractivity contribution < 1.29 is 0 Å². The van der Waals surface area contributed by atoms with Gasteiger partial charge in [0.15, 0.2) is 0 Å². The van der Waals surface area contributed by atoms with Gasteiger partial charge >= 0.3 is 0 Å². The number of aryl methyl sites for hydroxylation is 1.